The number of thiazole rings is 1. The zero-order valence-corrected chi connectivity index (χ0v) is 11.3. The van der Waals surface area contributed by atoms with Crippen molar-refractivity contribution in [2.75, 3.05) is 12.4 Å². The molecule has 0 saturated heterocycles. The largest absolute Gasteiger partial charge is 0.373 e. The first-order valence-electron chi connectivity index (χ1n) is 5.60. The second-order valence-electron chi connectivity index (χ2n) is 3.70. The Balaban J connectivity index is 2.20. The van der Waals surface area contributed by atoms with Crippen molar-refractivity contribution < 1.29 is 9.72 Å². The van der Waals surface area contributed by atoms with Crippen LogP contribution in [0.15, 0.2) is 23.8 Å². The third-order valence-electron chi connectivity index (χ3n) is 2.46. The first-order chi connectivity index (χ1) is 9.61. The molecular weight excluding hydrogens is 282 g/mol. The maximum absolute atomic E-state index is 12.0. The number of hydrogen-bond acceptors (Lipinski definition) is 7. The molecule has 104 valence electrons. The average molecular weight is 293 g/mol. The first kappa shape index (κ1) is 13.9. The maximum Gasteiger partial charge on any atom is 0.300 e. The third-order valence-corrected chi connectivity index (χ3v) is 3.24. The summed E-state index contributed by atoms with van der Waals surface area (Å²) in [6, 6.07) is 1.34. The summed E-state index contributed by atoms with van der Waals surface area (Å²) in [7, 11) is 1.62. The molecule has 0 fully saturated rings. The lowest BCUT2D eigenvalue weighted by Crippen LogP contribution is -2.24. The normalized spacial score (nSPS) is 10.1. The Hall–Kier alpha value is -2.55. The Kier molecular flexibility index (Phi) is 4.20. The number of amides is 1. The van der Waals surface area contributed by atoms with Gasteiger partial charge in [0, 0.05) is 24.7 Å². The topological polar surface area (TPSA) is 110 Å². The van der Waals surface area contributed by atoms with Crippen LogP contribution in [-0.4, -0.2) is 27.8 Å². The standard InChI is InChI=1S/C11H11N5O3S/c1-12-9-4-7(8(5-14-9)16(18)19)11(17)15-6-10-13-2-3-20-10/h2-5H,6H2,1H3,(H,12,14)(H,15,17). The van der Waals surface area contributed by atoms with Gasteiger partial charge in [0.2, 0.25) is 0 Å². The van der Waals surface area contributed by atoms with E-state index in [0.717, 1.165) is 11.2 Å². The van der Waals surface area contributed by atoms with Crippen LogP contribution < -0.4 is 10.6 Å². The molecule has 9 heteroatoms. The summed E-state index contributed by atoms with van der Waals surface area (Å²) in [5.41, 5.74) is -0.369. The molecule has 0 aromatic carbocycles. The average Bonchev–Trinajstić information content (AvgIpc) is 2.97. The Morgan fingerprint density at radius 3 is 2.90 bits per heavy atom. The molecule has 2 aromatic heterocycles. The first-order valence-corrected chi connectivity index (χ1v) is 6.48. The molecule has 2 rings (SSSR count). The summed E-state index contributed by atoms with van der Waals surface area (Å²) >= 11 is 1.39. The van der Waals surface area contributed by atoms with Crippen molar-refractivity contribution in [2.24, 2.45) is 0 Å². The van der Waals surface area contributed by atoms with Crippen molar-refractivity contribution in [3.63, 3.8) is 0 Å². The van der Waals surface area contributed by atoms with Crippen LogP contribution in [0.25, 0.3) is 0 Å². The van der Waals surface area contributed by atoms with Crippen LogP contribution in [-0.2, 0) is 6.54 Å². The molecule has 0 aliphatic carbocycles. The van der Waals surface area contributed by atoms with Gasteiger partial charge < -0.3 is 10.6 Å². The minimum absolute atomic E-state index is 0.0362. The van der Waals surface area contributed by atoms with Crippen LogP contribution in [0.1, 0.15) is 15.4 Å². The maximum atomic E-state index is 12.0. The van der Waals surface area contributed by atoms with E-state index in [4.69, 9.17) is 0 Å². The Morgan fingerprint density at radius 2 is 2.30 bits per heavy atom. The summed E-state index contributed by atoms with van der Waals surface area (Å²) in [5, 5.41) is 18.8. The van der Waals surface area contributed by atoms with Gasteiger partial charge in [0.25, 0.3) is 11.6 Å². The van der Waals surface area contributed by atoms with Gasteiger partial charge in [-0.05, 0) is 0 Å². The lowest BCUT2D eigenvalue weighted by atomic mass is 10.2. The Labute approximate surface area is 118 Å². The van der Waals surface area contributed by atoms with Gasteiger partial charge in [-0.15, -0.1) is 11.3 Å². The van der Waals surface area contributed by atoms with E-state index in [9.17, 15) is 14.9 Å². The highest BCUT2D eigenvalue weighted by atomic mass is 32.1. The number of pyridine rings is 1. The zero-order chi connectivity index (χ0) is 14.5. The smallest absolute Gasteiger partial charge is 0.300 e. The molecule has 1 amide bonds. The van der Waals surface area contributed by atoms with Gasteiger partial charge in [-0.2, -0.15) is 0 Å². The zero-order valence-electron chi connectivity index (χ0n) is 10.5. The number of nitrogens with zero attached hydrogens (tertiary/aromatic N) is 3. The number of rotatable bonds is 5. The van der Waals surface area contributed by atoms with Gasteiger partial charge in [0.05, 0.1) is 11.5 Å². The van der Waals surface area contributed by atoms with Crippen LogP contribution in [0, 0.1) is 10.1 Å². The molecule has 0 atom stereocenters. The summed E-state index contributed by atoms with van der Waals surface area (Å²) in [6.07, 6.45) is 2.68. The van der Waals surface area contributed by atoms with Crippen LogP contribution in [0.5, 0.6) is 0 Å². The second-order valence-corrected chi connectivity index (χ2v) is 4.68. The monoisotopic (exact) mass is 293 g/mol. The molecule has 20 heavy (non-hydrogen) atoms. The summed E-state index contributed by atoms with van der Waals surface area (Å²) in [6.45, 7) is 0.227. The van der Waals surface area contributed by atoms with E-state index >= 15 is 0 Å². The SMILES string of the molecule is CNc1cc(C(=O)NCc2nccs2)c([N+](=O)[O-])cn1. The van der Waals surface area contributed by atoms with Gasteiger partial charge in [-0.25, -0.2) is 9.97 Å². The molecule has 0 saturated carbocycles. The Morgan fingerprint density at radius 1 is 1.50 bits per heavy atom. The second kappa shape index (κ2) is 6.06. The Bertz CT molecular complexity index is 629. The highest BCUT2D eigenvalue weighted by Gasteiger charge is 2.21. The number of aromatic nitrogens is 2. The molecule has 8 nitrogen and oxygen atoms in total. The van der Waals surface area contributed by atoms with Crippen LogP contribution in [0.3, 0.4) is 0 Å². The quantitative estimate of drug-likeness (QED) is 0.637. The number of carbonyl (C=O) groups is 1. The number of nitrogens with one attached hydrogen (secondary N) is 2. The number of anilines is 1. The number of hydrogen-bond donors (Lipinski definition) is 2. The minimum Gasteiger partial charge on any atom is -0.373 e. The fourth-order valence-electron chi connectivity index (χ4n) is 1.50. The van der Waals surface area contributed by atoms with Crippen molar-refractivity contribution in [1.29, 1.82) is 0 Å². The van der Waals surface area contributed by atoms with E-state index in [1.807, 2.05) is 0 Å². The van der Waals surface area contributed by atoms with Crippen molar-refractivity contribution in [3.8, 4) is 0 Å². The fourth-order valence-corrected chi connectivity index (χ4v) is 2.06. The van der Waals surface area contributed by atoms with E-state index < -0.39 is 10.8 Å². The molecule has 0 aliphatic rings. The molecule has 0 radical (unpaired) electrons. The predicted octanol–water partition coefficient (Wildman–Crippen LogP) is 1.42. The van der Waals surface area contributed by atoms with Crippen molar-refractivity contribution in [3.05, 3.63) is 44.5 Å². The van der Waals surface area contributed by atoms with Crippen LogP contribution >= 0.6 is 11.3 Å². The van der Waals surface area contributed by atoms with E-state index in [0.29, 0.717) is 5.82 Å². The minimum atomic E-state index is -0.634. The summed E-state index contributed by atoms with van der Waals surface area (Å²) < 4.78 is 0. The van der Waals surface area contributed by atoms with Gasteiger partial charge in [-0.3, -0.25) is 14.9 Å². The predicted molar refractivity (Wildman–Crippen MR) is 73.7 cm³/mol. The molecule has 0 aliphatic heterocycles. The van der Waals surface area contributed by atoms with E-state index in [2.05, 4.69) is 20.6 Å². The van der Waals surface area contributed by atoms with Crippen molar-refractivity contribution >= 4 is 28.7 Å². The van der Waals surface area contributed by atoms with Gasteiger partial charge in [-0.1, -0.05) is 0 Å². The van der Waals surface area contributed by atoms with Gasteiger partial charge in [0.15, 0.2) is 0 Å². The molecule has 2 heterocycles. The molecule has 2 aromatic rings. The lowest BCUT2D eigenvalue weighted by molar-refractivity contribution is -0.385. The number of carbonyl (C=O) groups excluding carboxylic acids is 1. The van der Waals surface area contributed by atoms with E-state index in [1.165, 1.54) is 17.4 Å². The van der Waals surface area contributed by atoms with Gasteiger partial charge >= 0.3 is 0 Å². The van der Waals surface area contributed by atoms with Crippen molar-refractivity contribution in [2.45, 2.75) is 6.54 Å². The van der Waals surface area contributed by atoms with E-state index in [1.54, 1.807) is 18.6 Å². The third kappa shape index (κ3) is 3.06. The molecule has 0 bridgehead atoms. The molecular formula is C11H11N5O3S. The van der Waals surface area contributed by atoms with Gasteiger partial charge in [0.1, 0.15) is 22.6 Å². The van der Waals surface area contributed by atoms with E-state index in [-0.39, 0.29) is 17.8 Å². The lowest BCUT2D eigenvalue weighted by Gasteiger charge is -2.06. The summed E-state index contributed by atoms with van der Waals surface area (Å²) in [5.74, 6) is -0.152. The summed E-state index contributed by atoms with van der Waals surface area (Å²) in [4.78, 5) is 30.2. The van der Waals surface area contributed by atoms with Crippen molar-refractivity contribution in [1.82, 2.24) is 15.3 Å². The van der Waals surface area contributed by atoms with Crippen LogP contribution in [0.4, 0.5) is 11.5 Å². The number of nitro groups is 1. The van der Waals surface area contributed by atoms with Crippen LogP contribution in [0.2, 0.25) is 0 Å². The molecule has 0 spiro atoms. The highest BCUT2D eigenvalue weighted by molar-refractivity contribution is 7.09. The molecule has 2 N–H and O–H groups in total. The fraction of sp³-hybridized carbons (Fsp3) is 0.182. The molecule has 0 unspecified atom stereocenters. The highest BCUT2D eigenvalue weighted by Crippen LogP contribution is 2.20.